The van der Waals surface area contributed by atoms with Gasteiger partial charge in [0.1, 0.15) is 5.75 Å². The van der Waals surface area contributed by atoms with E-state index in [-0.39, 0.29) is 12.8 Å². The van der Waals surface area contributed by atoms with Crippen LogP contribution in [0.3, 0.4) is 0 Å². The molecule has 4 nitrogen and oxygen atoms in total. The second kappa shape index (κ2) is 9.17. The molecule has 0 saturated carbocycles. The fourth-order valence-electron chi connectivity index (χ4n) is 1.96. The molecule has 0 aliphatic carbocycles. The van der Waals surface area contributed by atoms with Gasteiger partial charge in [-0.15, -0.1) is 0 Å². The molecule has 0 heterocycles. The molecule has 0 aliphatic rings. The molecule has 0 aromatic heterocycles. The number of para-hydroxylation sites is 1. The van der Waals surface area contributed by atoms with Gasteiger partial charge in [0.2, 0.25) is 0 Å². The van der Waals surface area contributed by atoms with Crippen molar-refractivity contribution in [1.82, 2.24) is 0 Å². The van der Waals surface area contributed by atoms with Crippen molar-refractivity contribution in [2.45, 2.75) is 38.8 Å². The molecule has 0 saturated heterocycles. The van der Waals surface area contributed by atoms with Gasteiger partial charge in [0, 0.05) is 6.42 Å². The van der Waals surface area contributed by atoms with Crippen LogP contribution in [0.2, 0.25) is 0 Å². The second-order valence-electron chi connectivity index (χ2n) is 5.03. The average Bonchev–Trinajstić information content (AvgIpc) is 2.49. The van der Waals surface area contributed by atoms with Crippen LogP contribution in [0, 0.1) is 5.92 Å². The predicted octanol–water partition coefficient (Wildman–Crippen LogP) is 3.89. The molecule has 1 aromatic rings. The van der Waals surface area contributed by atoms with Crippen molar-refractivity contribution in [3.8, 4) is 5.75 Å². The molecule has 23 heavy (non-hydrogen) atoms. The molecular weight excluding hydrogens is 313 g/mol. The molecule has 0 amide bonds. The molecule has 0 bridgehead atoms. The molecule has 0 spiro atoms. The smallest absolute Gasteiger partial charge is 0.422 e. The molecule has 7 heteroatoms. The second-order valence-corrected chi connectivity index (χ2v) is 5.03. The van der Waals surface area contributed by atoms with E-state index in [0.29, 0.717) is 18.6 Å². The minimum Gasteiger partial charge on any atom is -0.456 e. The van der Waals surface area contributed by atoms with Gasteiger partial charge in [0.15, 0.2) is 6.61 Å². The van der Waals surface area contributed by atoms with E-state index < -0.39 is 30.6 Å². The molecule has 1 atom stereocenters. The standard InChI is InChI=1S/C16H19F3O4/c1-2-6-12(15(21)22-11-16(17,18)19)9-10-14(20)23-13-7-4-3-5-8-13/h3-5,7-8,12H,2,6,9-11H2,1H3. The summed E-state index contributed by atoms with van der Waals surface area (Å²) in [5, 5.41) is 0. The first kappa shape index (κ1) is 19.0. The van der Waals surface area contributed by atoms with E-state index in [0.717, 1.165) is 0 Å². The Balaban J connectivity index is 2.45. The lowest BCUT2D eigenvalue weighted by molar-refractivity contribution is -0.189. The van der Waals surface area contributed by atoms with Crippen molar-refractivity contribution in [1.29, 1.82) is 0 Å². The molecule has 1 rings (SSSR count). The van der Waals surface area contributed by atoms with Crippen molar-refractivity contribution in [2.75, 3.05) is 6.61 Å². The van der Waals surface area contributed by atoms with Gasteiger partial charge in [0.25, 0.3) is 0 Å². The minimum absolute atomic E-state index is 0.0688. The highest BCUT2D eigenvalue weighted by atomic mass is 19.4. The molecular formula is C16H19F3O4. The van der Waals surface area contributed by atoms with Crippen molar-refractivity contribution in [3.63, 3.8) is 0 Å². The van der Waals surface area contributed by atoms with E-state index in [1.54, 1.807) is 37.3 Å². The van der Waals surface area contributed by atoms with Gasteiger partial charge in [0.05, 0.1) is 5.92 Å². The Hall–Kier alpha value is -2.05. The van der Waals surface area contributed by atoms with Crippen LogP contribution >= 0.6 is 0 Å². The Bertz CT molecular complexity index is 500. The third-order valence-corrected chi connectivity index (χ3v) is 3.02. The van der Waals surface area contributed by atoms with Crippen molar-refractivity contribution in [3.05, 3.63) is 30.3 Å². The van der Waals surface area contributed by atoms with Gasteiger partial charge in [-0.05, 0) is 25.0 Å². The van der Waals surface area contributed by atoms with Crippen LogP contribution in [-0.2, 0) is 14.3 Å². The summed E-state index contributed by atoms with van der Waals surface area (Å²) < 4.78 is 45.5. The van der Waals surface area contributed by atoms with E-state index in [9.17, 15) is 22.8 Å². The lowest BCUT2D eigenvalue weighted by atomic mass is 9.98. The number of halogens is 3. The first-order valence-corrected chi connectivity index (χ1v) is 7.31. The molecule has 0 fully saturated rings. The van der Waals surface area contributed by atoms with Gasteiger partial charge < -0.3 is 9.47 Å². The van der Waals surface area contributed by atoms with Gasteiger partial charge >= 0.3 is 18.1 Å². The predicted molar refractivity (Wildman–Crippen MR) is 76.7 cm³/mol. The maximum Gasteiger partial charge on any atom is 0.422 e. The molecule has 1 aromatic carbocycles. The number of carbonyl (C=O) groups excluding carboxylic acids is 2. The fraction of sp³-hybridized carbons (Fsp3) is 0.500. The monoisotopic (exact) mass is 332 g/mol. The molecule has 1 unspecified atom stereocenters. The summed E-state index contributed by atoms with van der Waals surface area (Å²) in [6, 6.07) is 8.40. The van der Waals surface area contributed by atoms with E-state index >= 15 is 0 Å². The first-order valence-electron chi connectivity index (χ1n) is 7.31. The highest BCUT2D eigenvalue weighted by Gasteiger charge is 2.31. The van der Waals surface area contributed by atoms with Gasteiger partial charge in [-0.25, -0.2) is 0 Å². The highest BCUT2D eigenvalue weighted by Crippen LogP contribution is 2.20. The Kier molecular flexibility index (Phi) is 7.57. The molecule has 0 N–H and O–H groups in total. The van der Waals surface area contributed by atoms with Gasteiger partial charge in [-0.1, -0.05) is 31.5 Å². The number of rotatable bonds is 8. The Morgan fingerprint density at radius 2 is 1.78 bits per heavy atom. The number of benzene rings is 1. The topological polar surface area (TPSA) is 52.6 Å². The van der Waals surface area contributed by atoms with E-state index in [1.165, 1.54) is 0 Å². The van der Waals surface area contributed by atoms with Crippen LogP contribution < -0.4 is 4.74 Å². The lowest BCUT2D eigenvalue weighted by Crippen LogP contribution is -2.25. The van der Waals surface area contributed by atoms with Crippen LogP contribution in [-0.4, -0.2) is 24.7 Å². The zero-order valence-corrected chi connectivity index (χ0v) is 12.8. The van der Waals surface area contributed by atoms with Crippen molar-refractivity contribution >= 4 is 11.9 Å². The third kappa shape index (κ3) is 8.23. The average molecular weight is 332 g/mol. The first-order chi connectivity index (χ1) is 10.8. The van der Waals surface area contributed by atoms with Crippen molar-refractivity contribution < 1.29 is 32.2 Å². The summed E-state index contributed by atoms with van der Waals surface area (Å²) in [5.41, 5.74) is 0. The third-order valence-electron chi connectivity index (χ3n) is 3.02. The Morgan fingerprint density at radius 3 is 2.35 bits per heavy atom. The zero-order valence-electron chi connectivity index (χ0n) is 12.8. The SMILES string of the molecule is CCCC(CCC(=O)Oc1ccccc1)C(=O)OCC(F)(F)F. The Morgan fingerprint density at radius 1 is 1.13 bits per heavy atom. The summed E-state index contributed by atoms with van der Waals surface area (Å²) in [6.45, 7) is 0.187. The number of hydrogen-bond acceptors (Lipinski definition) is 4. The van der Waals surface area contributed by atoms with Crippen LogP contribution in [0.25, 0.3) is 0 Å². The summed E-state index contributed by atoms with van der Waals surface area (Å²) in [4.78, 5) is 23.4. The van der Waals surface area contributed by atoms with E-state index in [1.807, 2.05) is 0 Å². The maximum absolute atomic E-state index is 12.1. The zero-order chi connectivity index (χ0) is 17.3. The maximum atomic E-state index is 12.1. The number of carbonyl (C=O) groups is 2. The largest absolute Gasteiger partial charge is 0.456 e. The Labute approximate surface area is 132 Å². The number of hydrogen-bond donors (Lipinski definition) is 0. The molecule has 0 aliphatic heterocycles. The summed E-state index contributed by atoms with van der Waals surface area (Å²) in [7, 11) is 0. The highest BCUT2D eigenvalue weighted by molar-refractivity contribution is 5.75. The van der Waals surface area contributed by atoms with Crippen LogP contribution in [0.15, 0.2) is 30.3 Å². The van der Waals surface area contributed by atoms with E-state index in [4.69, 9.17) is 4.74 Å². The van der Waals surface area contributed by atoms with Crippen LogP contribution in [0.1, 0.15) is 32.6 Å². The summed E-state index contributed by atoms with van der Waals surface area (Å²) >= 11 is 0. The lowest BCUT2D eigenvalue weighted by Gasteiger charge is -2.15. The summed E-state index contributed by atoms with van der Waals surface area (Å²) in [5.74, 6) is -1.84. The number of alkyl halides is 3. The van der Waals surface area contributed by atoms with Crippen LogP contribution in [0.5, 0.6) is 5.75 Å². The normalized spacial score (nSPS) is 12.5. The molecule has 128 valence electrons. The number of esters is 2. The van der Waals surface area contributed by atoms with E-state index in [2.05, 4.69) is 4.74 Å². The van der Waals surface area contributed by atoms with Gasteiger partial charge in [-0.2, -0.15) is 13.2 Å². The number of ether oxygens (including phenoxy) is 2. The molecule has 0 radical (unpaired) electrons. The van der Waals surface area contributed by atoms with Crippen molar-refractivity contribution in [2.24, 2.45) is 5.92 Å². The minimum atomic E-state index is -4.56. The quantitative estimate of drug-likeness (QED) is 0.535. The van der Waals surface area contributed by atoms with Gasteiger partial charge in [-0.3, -0.25) is 9.59 Å². The summed E-state index contributed by atoms with van der Waals surface area (Å²) in [6.07, 6.45) is -3.58. The fourth-order valence-corrected chi connectivity index (χ4v) is 1.96. The van der Waals surface area contributed by atoms with Crippen LogP contribution in [0.4, 0.5) is 13.2 Å².